The molecule has 1 amide bonds. The largest absolute Gasteiger partial charge is 0.346 e. The van der Waals surface area contributed by atoms with Gasteiger partial charge in [-0.05, 0) is 17.7 Å². The molecule has 0 saturated heterocycles. The number of hydrogen-bond donors (Lipinski definition) is 2. The number of halogens is 1. The fraction of sp³-hybridized carbons (Fsp3) is 0.0667. The molecule has 0 unspecified atom stereocenters. The van der Waals surface area contributed by atoms with Gasteiger partial charge in [-0.15, -0.1) is 0 Å². The molecular formula is C15H12ClN3O. The van der Waals surface area contributed by atoms with Crippen LogP contribution in [0.2, 0.25) is 5.02 Å². The van der Waals surface area contributed by atoms with Crippen LogP contribution in [0.5, 0.6) is 0 Å². The number of carbonyl (C=O) groups is 1. The molecule has 1 heterocycles. The Morgan fingerprint density at radius 2 is 1.90 bits per heavy atom. The van der Waals surface area contributed by atoms with Crippen LogP contribution in [0.15, 0.2) is 48.5 Å². The molecule has 0 saturated carbocycles. The lowest BCUT2D eigenvalue weighted by Gasteiger charge is -2.05. The molecule has 4 nitrogen and oxygen atoms in total. The van der Waals surface area contributed by atoms with Gasteiger partial charge in [-0.1, -0.05) is 48.0 Å². The van der Waals surface area contributed by atoms with E-state index in [9.17, 15) is 4.79 Å². The molecular weight excluding hydrogens is 274 g/mol. The van der Waals surface area contributed by atoms with E-state index in [1.807, 2.05) is 42.5 Å². The zero-order chi connectivity index (χ0) is 13.9. The lowest BCUT2D eigenvalue weighted by atomic mass is 10.2. The fourth-order valence-electron chi connectivity index (χ4n) is 2.04. The first-order valence-corrected chi connectivity index (χ1v) is 6.58. The van der Waals surface area contributed by atoms with E-state index in [1.54, 1.807) is 6.07 Å². The van der Waals surface area contributed by atoms with Crippen molar-refractivity contribution in [1.82, 2.24) is 15.5 Å². The van der Waals surface area contributed by atoms with Crippen molar-refractivity contribution >= 4 is 28.4 Å². The van der Waals surface area contributed by atoms with Crippen LogP contribution >= 0.6 is 11.6 Å². The van der Waals surface area contributed by atoms with Gasteiger partial charge in [0.2, 0.25) is 0 Å². The third-order valence-corrected chi connectivity index (χ3v) is 3.45. The van der Waals surface area contributed by atoms with Crippen molar-refractivity contribution in [2.24, 2.45) is 0 Å². The number of nitrogens with zero attached hydrogens (tertiary/aromatic N) is 1. The Morgan fingerprint density at radius 3 is 2.75 bits per heavy atom. The highest BCUT2D eigenvalue weighted by atomic mass is 35.5. The summed E-state index contributed by atoms with van der Waals surface area (Å²) in [5, 5.41) is 11.2. The van der Waals surface area contributed by atoms with Crippen molar-refractivity contribution in [1.29, 1.82) is 0 Å². The number of aromatic amines is 1. The number of carbonyl (C=O) groups excluding carboxylic acids is 1. The first-order chi connectivity index (χ1) is 9.75. The van der Waals surface area contributed by atoms with Crippen LogP contribution in [0.3, 0.4) is 0 Å². The molecule has 0 radical (unpaired) electrons. The summed E-state index contributed by atoms with van der Waals surface area (Å²) in [7, 11) is 0. The van der Waals surface area contributed by atoms with E-state index in [4.69, 9.17) is 11.6 Å². The number of amides is 1. The smallest absolute Gasteiger partial charge is 0.272 e. The minimum Gasteiger partial charge on any atom is -0.346 e. The van der Waals surface area contributed by atoms with Gasteiger partial charge in [-0.2, -0.15) is 5.10 Å². The highest BCUT2D eigenvalue weighted by molar-refractivity contribution is 6.31. The molecule has 5 heteroatoms. The highest BCUT2D eigenvalue weighted by Crippen LogP contribution is 2.16. The Kier molecular flexibility index (Phi) is 3.39. The summed E-state index contributed by atoms with van der Waals surface area (Å²) in [4.78, 5) is 12.2. The second-order valence-corrected chi connectivity index (χ2v) is 4.80. The molecule has 2 N–H and O–H groups in total. The number of fused-ring (bicyclic) bond motifs is 1. The zero-order valence-corrected chi connectivity index (χ0v) is 11.3. The normalized spacial score (nSPS) is 10.7. The van der Waals surface area contributed by atoms with Crippen LogP contribution in [0.4, 0.5) is 0 Å². The number of aromatic nitrogens is 2. The maximum atomic E-state index is 12.2. The Labute approximate surface area is 120 Å². The van der Waals surface area contributed by atoms with Crippen LogP contribution < -0.4 is 5.32 Å². The van der Waals surface area contributed by atoms with E-state index in [0.717, 1.165) is 16.5 Å². The maximum absolute atomic E-state index is 12.2. The second kappa shape index (κ2) is 5.35. The summed E-state index contributed by atoms with van der Waals surface area (Å²) in [6.07, 6.45) is 0. The van der Waals surface area contributed by atoms with Crippen molar-refractivity contribution in [3.8, 4) is 0 Å². The standard InChI is InChI=1S/C15H12ClN3O/c16-12-7-3-1-5-10(12)9-17-15(20)14-11-6-2-4-8-13(11)18-19-14/h1-8H,9H2,(H,17,20)(H,18,19). The van der Waals surface area contributed by atoms with Crippen molar-refractivity contribution in [2.75, 3.05) is 0 Å². The number of rotatable bonds is 3. The summed E-state index contributed by atoms with van der Waals surface area (Å²) < 4.78 is 0. The molecule has 0 bridgehead atoms. The minimum atomic E-state index is -0.220. The van der Waals surface area contributed by atoms with Gasteiger partial charge in [-0.25, -0.2) is 0 Å². The summed E-state index contributed by atoms with van der Waals surface area (Å²) in [6.45, 7) is 0.375. The van der Waals surface area contributed by atoms with Crippen molar-refractivity contribution in [3.05, 3.63) is 64.8 Å². The van der Waals surface area contributed by atoms with E-state index in [2.05, 4.69) is 15.5 Å². The van der Waals surface area contributed by atoms with Crippen LogP contribution in [0.25, 0.3) is 10.9 Å². The third kappa shape index (κ3) is 2.38. The minimum absolute atomic E-state index is 0.220. The highest BCUT2D eigenvalue weighted by Gasteiger charge is 2.13. The second-order valence-electron chi connectivity index (χ2n) is 4.39. The van der Waals surface area contributed by atoms with Gasteiger partial charge < -0.3 is 5.32 Å². The third-order valence-electron chi connectivity index (χ3n) is 3.08. The predicted molar refractivity (Wildman–Crippen MR) is 78.7 cm³/mol. The van der Waals surface area contributed by atoms with Crippen molar-refractivity contribution in [3.63, 3.8) is 0 Å². The lowest BCUT2D eigenvalue weighted by molar-refractivity contribution is 0.0947. The first kappa shape index (κ1) is 12.7. The Morgan fingerprint density at radius 1 is 1.15 bits per heavy atom. The van der Waals surface area contributed by atoms with Crippen LogP contribution in [0.1, 0.15) is 16.1 Å². The molecule has 0 spiro atoms. The van der Waals surface area contributed by atoms with Gasteiger partial charge in [0.1, 0.15) is 0 Å². The first-order valence-electron chi connectivity index (χ1n) is 6.20. The van der Waals surface area contributed by atoms with E-state index in [0.29, 0.717) is 17.3 Å². The predicted octanol–water partition coefficient (Wildman–Crippen LogP) is 3.15. The topological polar surface area (TPSA) is 57.8 Å². The summed E-state index contributed by atoms with van der Waals surface area (Å²) in [5.74, 6) is -0.220. The Balaban J connectivity index is 1.79. The number of nitrogens with one attached hydrogen (secondary N) is 2. The molecule has 2 aromatic carbocycles. The SMILES string of the molecule is O=C(NCc1ccccc1Cl)c1n[nH]c2ccccc12. The number of benzene rings is 2. The molecule has 100 valence electrons. The molecule has 0 aliphatic rings. The number of hydrogen-bond acceptors (Lipinski definition) is 2. The molecule has 3 aromatic rings. The van der Waals surface area contributed by atoms with Crippen LogP contribution in [-0.4, -0.2) is 16.1 Å². The molecule has 0 fully saturated rings. The van der Waals surface area contributed by atoms with Gasteiger partial charge in [0.25, 0.3) is 5.91 Å². The summed E-state index contributed by atoms with van der Waals surface area (Å²) in [6, 6.07) is 14.9. The Hall–Kier alpha value is -2.33. The van der Waals surface area contributed by atoms with Crippen molar-refractivity contribution in [2.45, 2.75) is 6.54 Å². The van der Waals surface area contributed by atoms with Crippen molar-refractivity contribution < 1.29 is 4.79 Å². The summed E-state index contributed by atoms with van der Waals surface area (Å²) in [5.41, 5.74) is 2.12. The van der Waals surface area contributed by atoms with Gasteiger partial charge in [-0.3, -0.25) is 9.89 Å². The molecule has 0 atom stereocenters. The quantitative estimate of drug-likeness (QED) is 0.777. The average Bonchev–Trinajstić information content (AvgIpc) is 2.90. The van der Waals surface area contributed by atoms with Crippen LogP contribution in [-0.2, 0) is 6.54 Å². The molecule has 20 heavy (non-hydrogen) atoms. The zero-order valence-electron chi connectivity index (χ0n) is 10.6. The Bertz CT molecular complexity index is 766. The molecule has 0 aliphatic carbocycles. The maximum Gasteiger partial charge on any atom is 0.272 e. The van der Waals surface area contributed by atoms with Gasteiger partial charge in [0, 0.05) is 17.0 Å². The van der Waals surface area contributed by atoms with Gasteiger partial charge in [0.05, 0.1) is 5.52 Å². The molecule has 0 aliphatic heterocycles. The van der Waals surface area contributed by atoms with E-state index in [1.165, 1.54) is 0 Å². The lowest BCUT2D eigenvalue weighted by Crippen LogP contribution is -2.23. The average molecular weight is 286 g/mol. The monoisotopic (exact) mass is 285 g/mol. The van der Waals surface area contributed by atoms with E-state index in [-0.39, 0.29) is 5.91 Å². The fourth-order valence-corrected chi connectivity index (χ4v) is 2.24. The van der Waals surface area contributed by atoms with E-state index < -0.39 is 0 Å². The summed E-state index contributed by atoms with van der Waals surface area (Å²) >= 11 is 6.05. The van der Waals surface area contributed by atoms with Gasteiger partial charge in [0.15, 0.2) is 5.69 Å². The molecule has 3 rings (SSSR count). The van der Waals surface area contributed by atoms with Crippen LogP contribution in [0, 0.1) is 0 Å². The number of para-hydroxylation sites is 1. The number of H-pyrrole nitrogens is 1. The van der Waals surface area contributed by atoms with E-state index >= 15 is 0 Å². The van der Waals surface area contributed by atoms with Gasteiger partial charge >= 0.3 is 0 Å². The molecule has 1 aromatic heterocycles.